The second-order valence-corrected chi connectivity index (χ2v) is 7.70. The summed E-state index contributed by atoms with van der Waals surface area (Å²) < 4.78 is 26.5. The van der Waals surface area contributed by atoms with E-state index in [-0.39, 0.29) is 5.56 Å². The van der Waals surface area contributed by atoms with Gasteiger partial charge in [0.2, 0.25) is 0 Å². The van der Waals surface area contributed by atoms with E-state index >= 15 is 0 Å². The van der Waals surface area contributed by atoms with Crippen molar-refractivity contribution in [2.45, 2.75) is 52.4 Å². The average molecular weight is 396 g/mol. The molecule has 1 aromatic carbocycles. The zero-order chi connectivity index (χ0) is 20.3. The first-order valence-electron chi connectivity index (χ1n) is 9.27. The van der Waals surface area contributed by atoms with Gasteiger partial charge < -0.3 is 11.1 Å². The summed E-state index contributed by atoms with van der Waals surface area (Å²) in [5.74, 6) is -1.41. The number of nitrogens with one attached hydrogen (secondary N) is 1. The summed E-state index contributed by atoms with van der Waals surface area (Å²) >= 11 is 1.67. The van der Waals surface area contributed by atoms with E-state index in [0.29, 0.717) is 5.84 Å². The van der Waals surface area contributed by atoms with Crippen LogP contribution in [-0.4, -0.2) is 18.1 Å². The van der Waals surface area contributed by atoms with Gasteiger partial charge in [0.15, 0.2) is 0 Å². The van der Waals surface area contributed by atoms with E-state index in [4.69, 9.17) is 5.73 Å². The van der Waals surface area contributed by atoms with Crippen LogP contribution in [-0.2, 0) is 12.3 Å². The maximum atomic E-state index is 13.3. The molecular weight excluding hydrogens is 364 g/mol. The number of amidine groups is 1. The SMILES string of the molecule is C=C(NCCCC)/C(=C\N=C(/C)N)SCCCc1ccc(C(C)(F)F)cc1. The molecule has 0 aliphatic heterocycles. The molecular formula is C21H31F2N3S. The molecule has 0 atom stereocenters. The number of halogens is 2. The number of nitrogens with two attached hydrogens (primary N) is 1. The Morgan fingerprint density at radius 2 is 1.96 bits per heavy atom. The zero-order valence-electron chi connectivity index (χ0n) is 16.5. The second kappa shape index (κ2) is 11.8. The number of hydrogen-bond acceptors (Lipinski definition) is 3. The van der Waals surface area contributed by atoms with Gasteiger partial charge in [0.25, 0.3) is 5.92 Å². The highest BCUT2D eigenvalue weighted by Gasteiger charge is 2.23. The van der Waals surface area contributed by atoms with Gasteiger partial charge in [-0.3, -0.25) is 0 Å². The van der Waals surface area contributed by atoms with Gasteiger partial charge in [0, 0.05) is 35.8 Å². The van der Waals surface area contributed by atoms with Gasteiger partial charge >= 0.3 is 0 Å². The Labute approximate surface area is 166 Å². The third kappa shape index (κ3) is 9.61. The van der Waals surface area contributed by atoms with Gasteiger partial charge in [0.05, 0.1) is 5.84 Å². The van der Waals surface area contributed by atoms with Crippen LogP contribution in [0.4, 0.5) is 8.78 Å². The number of rotatable bonds is 12. The van der Waals surface area contributed by atoms with Crippen molar-refractivity contribution in [3.05, 3.63) is 58.8 Å². The first-order valence-corrected chi connectivity index (χ1v) is 10.3. The number of hydrogen-bond donors (Lipinski definition) is 2. The fourth-order valence-electron chi connectivity index (χ4n) is 2.29. The number of thioether (sulfide) groups is 1. The van der Waals surface area contributed by atoms with Gasteiger partial charge in [-0.05, 0) is 37.5 Å². The number of alkyl halides is 2. The fraction of sp³-hybridized carbons (Fsp3) is 0.476. The van der Waals surface area contributed by atoms with Crippen LogP contribution >= 0.6 is 11.8 Å². The topological polar surface area (TPSA) is 50.4 Å². The highest BCUT2D eigenvalue weighted by atomic mass is 32.2. The summed E-state index contributed by atoms with van der Waals surface area (Å²) in [6.45, 7) is 9.78. The largest absolute Gasteiger partial charge is 0.387 e. The van der Waals surface area contributed by atoms with Gasteiger partial charge in [-0.2, -0.15) is 0 Å². The van der Waals surface area contributed by atoms with Crippen LogP contribution in [0.2, 0.25) is 0 Å². The minimum absolute atomic E-state index is 0.0512. The first-order chi connectivity index (χ1) is 12.7. The number of nitrogens with zero attached hydrogens (tertiary/aromatic N) is 1. The molecule has 27 heavy (non-hydrogen) atoms. The molecule has 0 bridgehead atoms. The van der Waals surface area contributed by atoms with Crippen LogP contribution in [0, 0.1) is 0 Å². The number of benzene rings is 1. The molecule has 150 valence electrons. The van der Waals surface area contributed by atoms with Crippen molar-refractivity contribution < 1.29 is 8.78 Å². The monoisotopic (exact) mass is 395 g/mol. The van der Waals surface area contributed by atoms with Crippen molar-refractivity contribution in [2.24, 2.45) is 10.7 Å². The lowest BCUT2D eigenvalue weighted by atomic mass is 10.0. The number of aryl methyl sites for hydroxylation is 1. The van der Waals surface area contributed by atoms with Gasteiger partial charge in [-0.1, -0.05) is 44.2 Å². The Balaban J connectivity index is 2.54. The van der Waals surface area contributed by atoms with E-state index in [2.05, 4.69) is 23.8 Å². The Kier molecular flexibility index (Phi) is 10.1. The minimum atomic E-state index is -2.79. The molecule has 1 aromatic rings. The molecule has 1 rings (SSSR count). The summed E-state index contributed by atoms with van der Waals surface area (Å²) in [5.41, 5.74) is 7.59. The highest BCUT2D eigenvalue weighted by molar-refractivity contribution is 8.03. The van der Waals surface area contributed by atoms with E-state index in [1.54, 1.807) is 37.0 Å². The number of unbranched alkanes of at least 4 members (excludes halogenated alkanes) is 1. The molecule has 0 heterocycles. The Morgan fingerprint density at radius 3 is 2.52 bits per heavy atom. The normalized spacial score (nSPS) is 12.9. The third-order valence-corrected chi connectivity index (χ3v) is 5.04. The minimum Gasteiger partial charge on any atom is -0.387 e. The van der Waals surface area contributed by atoms with E-state index < -0.39 is 5.92 Å². The van der Waals surface area contributed by atoms with Crippen molar-refractivity contribution in [2.75, 3.05) is 12.3 Å². The van der Waals surface area contributed by atoms with E-state index in [1.807, 2.05) is 0 Å². The smallest absolute Gasteiger partial charge is 0.270 e. The predicted octanol–water partition coefficient (Wildman–Crippen LogP) is 5.59. The third-order valence-electron chi connectivity index (χ3n) is 3.88. The molecule has 0 unspecified atom stereocenters. The van der Waals surface area contributed by atoms with Gasteiger partial charge in [-0.15, -0.1) is 11.8 Å². The van der Waals surface area contributed by atoms with Crippen LogP contribution in [0.1, 0.15) is 51.2 Å². The molecule has 0 saturated carbocycles. The maximum Gasteiger partial charge on any atom is 0.270 e. The Bertz CT molecular complexity index is 642. The van der Waals surface area contributed by atoms with E-state index in [0.717, 1.165) is 61.1 Å². The molecule has 0 aliphatic rings. The summed E-state index contributed by atoms with van der Waals surface area (Å²) in [6, 6.07) is 6.57. The highest BCUT2D eigenvalue weighted by Crippen LogP contribution is 2.27. The van der Waals surface area contributed by atoms with E-state index in [9.17, 15) is 8.78 Å². The molecule has 0 fully saturated rings. The fourth-order valence-corrected chi connectivity index (χ4v) is 3.17. The molecule has 0 saturated heterocycles. The lowest BCUT2D eigenvalue weighted by Crippen LogP contribution is -2.14. The zero-order valence-corrected chi connectivity index (χ0v) is 17.3. The van der Waals surface area contributed by atoms with Crippen LogP contribution in [0.25, 0.3) is 0 Å². The van der Waals surface area contributed by atoms with Crippen LogP contribution < -0.4 is 11.1 Å². The summed E-state index contributed by atoms with van der Waals surface area (Å²) in [7, 11) is 0. The number of aliphatic imine (C=N–C) groups is 1. The lowest BCUT2D eigenvalue weighted by Gasteiger charge is -2.13. The molecule has 6 heteroatoms. The molecule has 3 N–H and O–H groups in total. The molecule has 0 radical (unpaired) electrons. The molecule has 3 nitrogen and oxygen atoms in total. The Morgan fingerprint density at radius 1 is 1.30 bits per heavy atom. The van der Waals surface area contributed by atoms with Crippen LogP contribution in [0.5, 0.6) is 0 Å². The standard InChI is InChI=1S/C21H31F2N3S/c1-5-6-13-25-16(2)20(15-26-17(3)24)27-14-7-8-18-9-11-19(12-10-18)21(4,22)23/h9-12,15,25H,2,5-8,13-14H2,1,3-4H3,(H2,24,26)/b20-15+. The quantitative estimate of drug-likeness (QED) is 0.210. The predicted molar refractivity (Wildman–Crippen MR) is 114 cm³/mol. The summed E-state index contributed by atoms with van der Waals surface area (Å²) in [5, 5.41) is 3.32. The van der Waals surface area contributed by atoms with E-state index in [1.165, 1.54) is 12.1 Å². The summed E-state index contributed by atoms with van der Waals surface area (Å²) in [6.07, 6.45) is 5.72. The van der Waals surface area contributed by atoms with Crippen molar-refractivity contribution in [3.63, 3.8) is 0 Å². The average Bonchev–Trinajstić information content (AvgIpc) is 2.60. The van der Waals surface area contributed by atoms with Gasteiger partial charge in [0.1, 0.15) is 0 Å². The molecule has 0 amide bonds. The molecule has 0 aliphatic carbocycles. The first kappa shape index (κ1) is 23.2. The summed E-state index contributed by atoms with van der Waals surface area (Å²) in [4.78, 5) is 5.15. The van der Waals surface area contributed by atoms with Crippen LogP contribution in [0.15, 0.2) is 52.6 Å². The molecule has 0 aromatic heterocycles. The second-order valence-electron chi connectivity index (χ2n) is 6.56. The maximum absolute atomic E-state index is 13.3. The van der Waals surface area contributed by atoms with Crippen molar-refractivity contribution >= 4 is 17.6 Å². The van der Waals surface area contributed by atoms with Crippen molar-refractivity contribution in [1.82, 2.24) is 5.32 Å². The van der Waals surface area contributed by atoms with Gasteiger partial charge in [-0.25, -0.2) is 13.8 Å². The molecule has 0 spiro atoms. The van der Waals surface area contributed by atoms with Crippen molar-refractivity contribution in [1.29, 1.82) is 0 Å². The van der Waals surface area contributed by atoms with Crippen molar-refractivity contribution in [3.8, 4) is 0 Å². The van der Waals surface area contributed by atoms with Crippen LogP contribution in [0.3, 0.4) is 0 Å². The Hall–Kier alpha value is -1.82. The lowest BCUT2D eigenvalue weighted by molar-refractivity contribution is 0.0174.